The van der Waals surface area contributed by atoms with Crippen molar-refractivity contribution in [3.63, 3.8) is 0 Å². The lowest BCUT2D eigenvalue weighted by Crippen LogP contribution is -2.30. The van der Waals surface area contributed by atoms with Gasteiger partial charge < -0.3 is 15.6 Å². The fraction of sp³-hybridized carbons (Fsp3) is 0.875. The number of hydrogen-bond donors (Lipinski definition) is 2. The molecule has 1 fully saturated rings. The van der Waals surface area contributed by atoms with Crippen molar-refractivity contribution < 1.29 is 14.6 Å². The molecule has 1 aliphatic rings. The zero-order valence-corrected chi connectivity index (χ0v) is 7.25. The van der Waals surface area contributed by atoms with Gasteiger partial charge in [0.15, 0.2) is 0 Å². The Morgan fingerprint density at radius 1 is 1.83 bits per heavy atom. The molecule has 12 heavy (non-hydrogen) atoms. The summed E-state index contributed by atoms with van der Waals surface area (Å²) in [4.78, 5) is 11.3. The Bertz CT molecular complexity index is 183. The number of aliphatic hydroxyl groups is 1. The first-order valence-electron chi connectivity index (χ1n) is 4.19. The first-order valence-corrected chi connectivity index (χ1v) is 4.19. The average Bonchev–Trinajstić information content (AvgIpc) is 2.80. The van der Waals surface area contributed by atoms with Crippen molar-refractivity contribution in [3.8, 4) is 0 Å². The van der Waals surface area contributed by atoms with Crippen molar-refractivity contribution in [2.75, 3.05) is 19.8 Å². The van der Waals surface area contributed by atoms with Crippen LogP contribution in [0.2, 0.25) is 0 Å². The van der Waals surface area contributed by atoms with Crippen LogP contribution in [-0.4, -0.2) is 30.8 Å². The maximum atomic E-state index is 11.3. The zero-order chi connectivity index (χ0) is 9.19. The minimum atomic E-state index is -0.565. The predicted molar refractivity (Wildman–Crippen MR) is 43.3 cm³/mol. The van der Waals surface area contributed by atoms with E-state index in [0.717, 1.165) is 0 Å². The number of nitrogens with two attached hydrogens (primary N) is 1. The van der Waals surface area contributed by atoms with Crippen LogP contribution in [0.1, 0.15) is 13.3 Å². The van der Waals surface area contributed by atoms with E-state index in [0.29, 0.717) is 13.0 Å². The van der Waals surface area contributed by atoms with Gasteiger partial charge in [-0.3, -0.25) is 4.79 Å². The van der Waals surface area contributed by atoms with Crippen molar-refractivity contribution in [2.45, 2.75) is 13.3 Å². The number of rotatable bonds is 4. The van der Waals surface area contributed by atoms with Gasteiger partial charge in [-0.1, -0.05) is 0 Å². The number of carbonyl (C=O) groups excluding carboxylic acids is 1. The van der Waals surface area contributed by atoms with E-state index in [1.54, 1.807) is 6.92 Å². The van der Waals surface area contributed by atoms with Crippen molar-refractivity contribution in [3.05, 3.63) is 0 Å². The SMILES string of the molecule is CCOC(=O)C1(CN)CC1CO. The van der Waals surface area contributed by atoms with Crippen LogP contribution in [-0.2, 0) is 9.53 Å². The average molecular weight is 173 g/mol. The lowest BCUT2D eigenvalue weighted by Gasteiger charge is -2.12. The molecule has 70 valence electrons. The minimum Gasteiger partial charge on any atom is -0.466 e. The van der Waals surface area contributed by atoms with Gasteiger partial charge in [0.1, 0.15) is 0 Å². The van der Waals surface area contributed by atoms with E-state index < -0.39 is 5.41 Å². The highest BCUT2D eigenvalue weighted by atomic mass is 16.5. The summed E-state index contributed by atoms with van der Waals surface area (Å²) in [5, 5.41) is 8.83. The fourth-order valence-electron chi connectivity index (χ4n) is 1.48. The molecule has 0 radical (unpaired) electrons. The molecule has 0 spiro atoms. The molecule has 0 saturated heterocycles. The van der Waals surface area contributed by atoms with E-state index in [1.165, 1.54) is 0 Å². The van der Waals surface area contributed by atoms with E-state index >= 15 is 0 Å². The second-order valence-corrected chi connectivity index (χ2v) is 3.16. The molecule has 0 aromatic heterocycles. The zero-order valence-electron chi connectivity index (χ0n) is 7.25. The van der Waals surface area contributed by atoms with Gasteiger partial charge in [0.2, 0.25) is 0 Å². The summed E-state index contributed by atoms with van der Waals surface area (Å²) in [5.74, 6) is -0.242. The highest BCUT2D eigenvalue weighted by Gasteiger charge is 2.59. The van der Waals surface area contributed by atoms with Gasteiger partial charge in [0.25, 0.3) is 0 Å². The molecule has 4 nitrogen and oxygen atoms in total. The van der Waals surface area contributed by atoms with Crippen molar-refractivity contribution in [1.82, 2.24) is 0 Å². The molecular formula is C8H15NO3. The Balaban J connectivity index is 2.53. The van der Waals surface area contributed by atoms with Crippen molar-refractivity contribution in [2.24, 2.45) is 17.1 Å². The summed E-state index contributed by atoms with van der Waals surface area (Å²) >= 11 is 0. The van der Waals surface area contributed by atoms with Crippen LogP contribution in [0.5, 0.6) is 0 Å². The third-order valence-electron chi connectivity index (χ3n) is 2.50. The molecule has 0 heterocycles. The Morgan fingerprint density at radius 2 is 2.50 bits per heavy atom. The smallest absolute Gasteiger partial charge is 0.313 e. The lowest BCUT2D eigenvalue weighted by atomic mass is 10.1. The molecule has 4 heteroatoms. The Morgan fingerprint density at radius 3 is 2.83 bits per heavy atom. The lowest BCUT2D eigenvalue weighted by molar-refractivity contribution is -0.150. The van der Waals surface area contributed by atoms with E-state index in [2.05, 4.69) is 0 Å². The van der Waals surface area contributed by atoms with E-state index in [-0.39, 0.29) is 25.0 Å². The van der Waals surface area contributed by atoms with E-state index in [4.69, 9.17) is 15.6 Å². The van der Waals surface area contributed by atoms with E-state index in [9.17, 15) is 4.79 Å². The fourth-order valence-corrected chi connectivity index (χ4v) is 1.48. The largest absolute Gasteiger partial charge is 0.466 e. The van der Waals surface area contributed by atoms with Crippen molar-refractivity contribution >= 4 is 5.97 Å². The van der Waals surface area contributed by atoms with Gasteiger partial charge in [0.05, 0.1) is 12.0 Å². The van der Waals surface area contributed by atoms with Crippen LogP contribution in [0.25, 0.3) is 0 Å². The molecule has 2 unspecified atom stereocenters. The number of carbonyl (C=O) groups is 1. The quantitative estimate of drug-likeness (QED) is 0.562. The summed E-state index contributed by atoms with van der Waals surface area (Å²) in [6, 6.07) is 0. The second-order valence-electron chi connectivity index (χ2n) is 3.16. The number of ether oxygens (including phenoxy) is 1. The minimum absolute atomic E-state index is 0.0153. The van der Waals surface area contributed by atoms with Gasteiger partial charge in [-0.05, 0) is 13.3 Å². The third-order valence-corrected chi connectivity index (χ3v) is 2.50. The third kappa shape index (κ3) is 1.32. The van der Waals surface area contributed by atoms with Crippen LogP contribution in [0.4, 0.5) is 0 Å². The highest BCUT2D eigenvalue weighted by Crippen LogP contribution is 2.52. The van der Waals surface area contributed by atoms with Gasteiger partial charge in [-0.15, -0.1) is 0 Å². The number of hydrogen-bond acceptors (Lipinski definition) is 4. The van der Waals surface area contributed by atoms with Gasteiger partial charge in [-0.2, -0.15) is 0 Å². The van der Waals surface area contributed by atoms with Crippen LogP contribution < -0.4 is 5.73 Å². The Kier molecular flexibility index (Phi) is 2.69. The molecule has 0 amide bonds. The van der Waals surface area contributed by atoms with Crippen LogP contribution in [0.3, 0.4) is 0 Å². The molecule has 0 aliphatic heterocycles. The summed E-state index contributed by atoms with van der Waals surface area (Å²) in [5.41, 5.74) is 4.89. The molecule has 1 rings (SSSR count). The number of aliphatic hydroxyl groups excluding tert-OH is 1. The molecule has 1 aliphatic carbocycles. The number of esters is 1. The molecule has 3 N–H and O–H groups in total. The van der Waals surface area contributed by atoms with Crippen LogP contribution in [0.15, 0.2) is 0 Å². The summed E-state index contributed by atoms with van der Waals surface area (Å²) in [6.07, 6.45) is 0.666. The van der Waals surface area contributed by atoms with Crippen molar-refractivity contribution in [1.29, 1.82) is 0 Å². The molecule has 2 atom stereocenters. The normalized spacial score (nSPS) is 33.1. The Hall–Kier alpha value is -0.610. The molecular weight excluding hydrogens is 158 g/mol. The molecule has 0 aromatic carbocycles. The molecule has 1 saturated carbocycles. The van der Waals surface area contributed by atoms with Gasteiger partial charge in [-0.25, -0.2) is 0 Å². The maximum absolute atomic E-state index is 11.3. The van der Waals surface area contributed by atoms with Gasteiger partial charge >= 0.3 is 5.97 Å². The van der Waals surface area contributed by atoms with Crippen LogP contribution >= 0.6 is 0 Å². The predicted octanol–water partition coefficient (Wildman–Crippen LogP) is -0.493. The topological polar surface area (TPSA) is 72.5 Å². The Labute approximate surface area is 71.7 Å². The highest BCUT2D eigenvalue weighted by molar-refractivity contribution is 5.81. The van der Waals surface area contributed by atoms with Crippen LogP contribution in [0, 0.1) is 11.3 Å². The first kappa shape index (κ1) is 9.48. The maximum Gasteiger partial charge on any atom is 0.313 e. The standard InChI is InChI=1S/C8H15NO3/c1-2-12-7(11)8(5-9)3-6(8)4-10/h6,10H,2-5,9H2,1H3. The molecule has 0 aromatic rings. The summed E-state index contributed by atoms with van der Waals surface area (Å²) < 4.78 is 4.86. The van der Waals surface area contributed by atoms with Gasteiger partial charge in [0, 0.05) is 19.1 Å². The first-order chi connectivity index (χ1) is 5.71. The monoisotopic (exact) mass is 173 g/mol. The molecule has 0 bridgehead atoms. The summed E-state index contributed by atoms with van der Waals surface area (Å²) in [7, 11) is 0. The second kappa shape index (κ2) is 3.41. The van der Waals surface area contributed by atoms with E-state index in [1.807, 2.05) is 0 Å². The summed E-state index contributed by atoms with van der Waals surface area (Å²) in [6.45, 7) is 2.43.